The van der Waals surface area contributed by atoms with E-state index in [-0.39, 0.29) is 5.91 Å². The number of aromatic nitrogens is 3. The van der Waals surface area contributed by atoms with Gasteiger partial charge in [0.25, 0.3) is 5.91 Å². The third-order valence-corrected chi connectivity index (χ3v) is 5.34. The van der Waals surface area contributed by atoms with Crippen LogP contribution in [0.2, 0.25) is 0 Å². The summed E-state index contributed by atoms with van der Waals surface area (Å²) < 4.78 is 1.75. The van der Waals surface area contributed by atoms with Crippen molar-refractivity contribution in [1.82, 2.24) is 19.4 Å². The van der Waals surface area contributed by atoms with Crippen molar-refractivity contribution in [2.75, 3.05) is 37.4 Å². The van der Waals surface area contributed by atoms with E-state index in [2.05, 4.69) is 51.3 Å². The number of carbonyl (C=O) groups excluding carboxylic acids is 1. The van der Waals surface area contributed by atoms with Crippen LogP contribution in [0.25, 0.3) is 5.82 Å². The number of anilines is 2. The van der Waals surface area contributed by atoms with E-state index in [1.807, 2.05) is 37.3 Å². The molecule has 0 spiro atoms. The lowest BCUT2D eigenvalue weighted by Gasteiger charge is -2.22. The summed E-state index contributed by atoms with van der Waals surface area (Å²) in [4.78, 5) is 25.9. The molecule has 29 heavy (non-hydrogen) atoms. The molecule has 1 aliphatic heterocycles. The summed E-state index contributed by atoms with van der Waals surface area (Å²) in [6.07, 6.45) is 4.47. The van der Waals surface area contributed by atoms with Gasteiger partial charge in [0.1, 0.15) is 17.8 Å². The smallest absolute Gasteiger partial charge is 0.275 e. The topological polar surface area (TPSA) is 66.3 Å². The standard InChI is InChI=1S/C22H26N6O/c1-16-5-4-6-21(24-16)28-14-20(23-15-28)22(29)25-17-7-9-18(10-8-17)27-12-11-19(13-27)26(2)3/h4-10,14-15,19H,11-13H2,1-3H3,(H,25,29). The van der Waals surface area contributed by atoms with Crippen LogP contribution in [0.15, 0.2) is 55.0 Å². The van der Waals surface area contributed by atoms with E-state index in [4.69, 9.17) is 0 Å². The summed E-state index contributed by atoms with van der Waals surface area (Å²) in [6.45, 7) is 4.02. The predicted octanol–water partition coefficient (Wildman–Crippen LogP) is 2.97. The van der Waals surface area contributed by atoms with Gasteiger partial charge in [0.15, 0.2) is 0 Å². The lowest BCUT2D eigenvalue weighted by molar-refractivity contribution is 0.102. The SMILES string of the molecule is Cc1cccc(-n2cnc(C(=O)Nc3ccc(N4CCC(N(C)C)C4)cc3)c2)n1. The Morgan fingerprint density at radius 3 is 2.66 bits per heavy atom. The fourth-order valence-corrected chi connectivity index (χ4v) is 3.59. The third-order valence-electron chi connectivity index (χ3n) is 5.34. The summed E-state index contributed by atoms with van der Waals surface area (Å²) in [6, 6.07) is 14.3. The molecule has 150 valence electrons. The first-order valence-electron chi connectivity index (χ1n) is 9.80. The van der Waals surface area contributed by atoms with Gasteiger partial charge in [-0.05, 0) is 63.8 Å². The fourth-order valence-electron chi connectivity index (χ4n) is 3.59. The van der Waals surface area contributed by atoms with Crippen molar-refractivity contribution < 1.29 is 4.79 Å². The number of hydrogen-bond donors (Lipinski definition) is 1. The average molecular weight is 390 g/mol. The Kier molecular flexibility index (Phi) is 5.31. The number of carbonyl (C=O) groups is 1. The first kappa shape index (κ1) is 19.1. The molecule has 4 rings (SSSR count). The van der Waals surface area contributed by atoms with Crippen LogP contribution in [0.5, 0.6) is 0 Å². The summed E-state index contributed by atoms with van der Waals surface area (Å²) >= 11 is 0. The molecule has 3 aromatic rings. The van der Waals surface area contributed by atoms with Gasteiger partial charge >= 0.3 is 0 Å². The molecule has 2 aromatic heterocycles. The molecule has 7 heteroatoms. The molecule has 0 radical (unpaired) electrons. The Labute approximate surface area is 171 Å². The molecular weight excluding hydrogens is 364 g/mol. The second kappa shape index (κ2) is 8.05. The minimum atomic E-state index is -0.238. The van der Waals surface area contributed by atoms with Gasteiger partial charge in [-0.25, -0.2) is 9.97 Å². The molecule has 7 nitrogen and oxygen atoms in total. The van der Waals surface area contributed by atoms with E-state index in [9.17, 15) is 4.79 Å². The molecule has 1 fully saturated rings. The highest BCUT2D eigenvalue weighted by molar-refractivity contribution is 6.02. The average Bonchev–Trinajstić information content (AvgIpc) is 3.39. The van der Waals surface area contributed by atoms with Crippen LogP contribution in [0.4, 0.5) is 11.4 Å². The Morgan fingerprint density at radius 2 is 1.97 bits per heavy atom. The van der Waals surface area contributed by atoms with Gasteiger partial charge in [0, 0.05) is 42.4 Å². The normalized spacial score (nSPS) is 16.4. The number of likely N-dealkylation sites (N-methyl/N-ethyl adjacent to an activating group) is 1. The minimum absolute atomic E-state index is 0.238. The Balaban J connectivity index is 1.40. The molecule has 1 aromatic carbocycles. The Bertz CT molecular complexity index is 995. The minimum Gasteiger partial charge on any atom is -0.370 e. The number of nitrogens with one attached hydrogen (secondary N) is 1. The van der Waals surface area contributed by atoms with Crippen molar-refractivity contribution in [3.05, 3.63) is 66.4 Å². The molecule has 1 saturated heterocycles. The highest BCUT2D eigenvalue weighted by Crippen LogP contribution is 2.24. The molecule has 3 heterocycles. The number of amides is 1. The van der Waals surface area contributed by atoms with Crippen LogP contribution in [-0.2, 0) is 0 Å². The maximum atomic E-state index is 12.6. The van der Waals surface area contributed by atoms with E-state index in [0.29, 0.717) is 11.7 Å². The summed E-state index contributed by atoms with van der Waals surface area (Å²) in [7, 11) is 4.26. The molecule has 1 atom stereocenters. The van der Waals surface area contributed by atoms with Gasteiger partial charge in [0.2, 0.25) is 0 Å². The zero-order valence-corrected chi connectivity index (χ0v) is 17.0. The quantitative estimate of drug-likeness (QED) is 0.726. The van der Waals surface area contributed by atoms with Gasteiger partial charge in [-0.1, -0.05) is 6.07 Å². The second-order valence-electron chi connectivity index (χ2n) is 7.66. The number of rotatable bonds is 5. The van der Waals surface area contributed by atoms with Crippen LogP contribution in [0.1, 0.15) is 22.6 Å². The number of hydrogen-bond acceptors (Lipinski definition) is 5. The molecule has 1 N–H and O–H groups in total. The molecular formula is C22H26N6O. The maximum Gasteiger partial charge on any atom is 0.275 e. The summed E-state index contributed by atoms with van der Waals surface area (Å²) in [5.74, 6) is 0.501. The third kappa shape index (κ3) is 4.30. The molecule has 0 bridgehead atoms. The zero-order chi connectivity index (χ0) is 20.4. The molecule has 1 aliphatic rings. The van der Waals surface area contributed by atoms with Crippen molar-refractivity contribution in [3.63, 3.8) is 0 Å². The lowest BCUT2D eigenvalue weighted by Crippen LogP contribution is -2.31. The maximum absolute atomic E-state index is 12.6. The van der Waals surface area contributed by atoms with Gasteiger partial charge < -0.3 is 15.1 Å². The van der Waals surface area contributed by atoms with Crippen LogP contribution >= 0.6 is 0 Å². The van der Waals surface area contributed by atoms with Crippen molar-refractivity contribution >= 4 is 17.3 Å². The fraction of sp³-hybridized carbons (Fsp3) is 0.318. The zero-order valence-electron chi connectivity index (χ0n) is 17.0. The predicted molar refractivity (Wildman–Crippen MR) is 115 cm³/mol. The number of aryl methyl sites for hydroxylation is 1. The number of nitrogens with zero attached hydrogens (tertiary/aromatic N) is 5. The highest BCUT2D eigenvalue weighted by Gasteiger charge is 2.24. The van der Waals surface area contributed by atoms with Gasteiger partial charge in [0.05, 0.1) is 0 Å². The highest BCUT2D eigenvalue weighted by atomic mass is 16.1. The molecule has 0 saturated carbocycles. The van der Waals surface area contributed by atoms with Crippen LogP contribution < -0.4 is 10.2 Å². The van der Waals surface area contributed by atoms with Crippen LogP contribution in [-0.4, -0.2) is 58.6 Å². The number of benzene rings is 1. The lowest BCUT2D eigenvalue weighted by atomic mass is 10.2. The van der Waals surface area contributed by atoms with E-state index in [1.54, 1.807) is 17.1 Å². The number of pyridine rings is 1. The van der Waals surface area contributed by atoms with E-state index in [1.165, 1.54) is 12.1 Å². The second-order valence-corrected chi connectivity index (χ2v) is 7.66. The van der Waals surface area contributed by atoms with Crippen molar-refractivity contribution in [1.29, 1.82) is 0 Å². The van der Waals surface area contributed by atoms with Crippen molar-refractivity contribution in [3.8, 4) is 5.82 Å². The van der Waals surface area contributed by atoms with Crippen LogP contribution in [0, 0.1) is 6.92 Å². The van der Waals surface area contributed by atoms with Crippen molar-refractivity contribution in [2.45, 2.75) is 19.4 Å². The van der Waals surface area contributed by atoms with E-state index >= 15 is 0 Å². The first-order chi connectivity index (χ1) is 14.0. The van der Waals surface area contributed by atoms with Gasteiger partial charge in [-0.15, -0.1) is 0 Å². The largest absolute Gasteiger partial charge is 0.370 e. The number of imidazole rings is 1. The monoisotopic (exact) mass is 390 g/mol. The Hall–Kier alpha value is -3.19. The molecule has 1 unspecified atom stereocenters. The first-order valence-corrected chi connectivity index (χ1v) is 9.80. The van der Waals surface area contributed by atoms with Crippen LogP contribution in [0.3, 0.4) is 0 Å². The summed E-state index contributed by atoms with van der Waals surface area (Å²) in [5, 5.41) is 2.92. The van der Waals surface area contributed by atoms with Crippen molar-refractivity contribution in [2.24, 2.45) is 0 Å². The van der Waals surface area contributed by atoms with Gasteiger partial charge in [-0.3, -0.25) is 9.36 Å². The molecule has 0 aliphatic carbocycles. The molecule has 1 amide bonds. The van der Waals surface area contributed by atoms with E-state index < -0.39 is 0 Å². The Morgan fingerprint density at radius 1 is 1.17 bits per heavy atom. The van der Waals surface area contributed by atoms with E-state index in [0.717, 1.165) is 30.3 Å². The van der Waals surface area contributed by atoms with Gasteiger partial charge in [-0.2, -0.15) is 0 Å². The summed E-state index contributed by atoms with van der Waals surface area (Å²) in [5.41, 5.74) is 3.20.